The van der Waals surface area contributed by atoms with Crippen molar-refractivity contribution < 1.29 is 18.4 Å². The maximum absolute atomic E-state index is 13.3. The Morgan fingerprint density at radius 1 is 1.18 bits per heavy atom. The molecule has 0 saturated carbocycles. The molecule has 9 heteroatoms. The number of primary amides is 1. The van der Waals surface area contributed by atoms with E-state index in [0.717, 1.165) is 48.9 Å². The van der Waals surface area contributed by atoms with E-state index < -0.39 is 17.7 Å². The van der Waals surface area contributed by atoms with Crippen LogP contribution in [0.2, 0.25) is 0 Å². The van der Waals surface area contributed by atoms with E-state index in [1.165, 1.54) is 6.07 Å². The number of benzene rings is 1. The van der Waals surface area contributed by atoms with Crippen molar-refractivity contribution in [2.45, 2.75) is 18.9 Å². The lowest BCUT2D eigenvalue weighted by atomic mass is 10.1. The average Bonchev–Trinajstić information content (AvgIpc) is 3.02. The predicted molar refractivity (Wildman–Crippen MR) is 103 cm³/mol. The Morgan fingerprint density at radius 3 is 2.57 bits per heavy atom. The Labute approximate surface area is 164 Å². The zero-order valence-electron chi connectivity index (χ0n) is 14.8. The van der Waals surface area contributed by atoms with Gasteiger partial charge in [-0.1, -0.05) is 11.8 Å². The number of nitrogens with one attached hydrogen (secondary N) is 3. The molecule has 1 saturated heterocycles. The molecule has 2 heterocycles. The predicted octanol–water partition coefficient (Wildman–Crippen LogP) is 2.40. The van der Waals surface area contributed by atoms with Crippen LogP contribution >= 0.6 is 11.3 Å². The topological polar surface area (TPSA) is 96.2 Å². The zero-order valence-corrected chi connectivity index (χ0v) is 15.6. The third kappa shape index (κ3) is 5.28. The highest BCUT2D eigenvalue weighted by atomic mass is 32.1. The van der Waals surface area contributed by atoms with Gasteiger partial charge in [-0.05, 0) is 37.6 Å². The molecule has 1 aromatic heterocycles. The van der Waals surface area contributed by atoms with Crippen LogP contribution < -0.4 is 21.7 Å². The fourth-order valence-corrected chi connectivity index (χ4v) is 3.70. The minimum Gasteiger partial charge on any atom is -0.351 e. The van der Waals surface area contributed by atoms with Crippen LogP contribution in [0.15, 0.2) is 24.3 Å². The molecule has 1 aromatic carbocycles. The molecular formula is C19H18F2N4O2S. The van der Waals surface area contributed by atoms with E-state index in [0.29, 0.717) is 11.4 Å². The SMILES string of the molecule is NC(=O)Nc1cc(C#Cc2cc(F)cc(F)c2)sc1C(=O)N[C@H]1CCCNC1. The molecule has 6 nitrogen and oxygen atoms in total. The van der Waals surface area contributed by atoms with Crippen molar-refractivity contribution in [3.63, 3.8) is 0 Å². The summed E-state index contributed by atoms with van der Waals surface area (Å²) in [6.45, 7) is 1.59. The van der Waals surface area contributed by atoms with Gasteiger partial charge in [-0.2, -0.15) is 0 Å². The summed E-state index contributed by atoms with van der Waals surface area (Å²) in [7, 11) is 0. The summed E-state index contributed by atoms with van der Waals surface area (Å²) in [5.41, 5.74) is 5.58. The largest absolute Gasteiger partial charge is 0.351 e. The first-order valence-electron chi connectivity index (χ1n) is 8.60. The van der Waals surface area contributed by atoms with Crippen molar-refractivity contribution in [2.75, 3.05) is 18.4 Å². The minimum atomic E-state index is -0.808. The van der Waals surface area contributed by atoms with Gasteiger partial charge in [0.2, 0.25) is 0 Å². The standard InChI is InChI=1S/C19H18F2N4O2S/c20-12-6-11(7-13(21)8-12)3-4-15-9-16(25-19(22)27)17(28-15)18(26)24-14-2-1-5-23-10-14/h6-9,14,23H,1-2,5,10H2,(H,24,26)(H3,22,25,27)/t14-/m0/s1. The van der Waals surface area contributed by atoms with E-state index in [-0.39, 0.29) is 28.1 Å². The van der Waals surface area contributed by atoms with Crippen LogP contribution in [-0.4, -0.2) is 31.1 Å². The minimum absolute atomic E-state index is 0.00502. The molecule has 1 atom stereocenters. The molecule has 0 radical (unpaired) electrons. The Bertz CT molecular complexity index is 938. The molecule has 1 fully saturated rings. The molecule has 5 N–H and O–H groups in total. The number of hydrogen-bond acceptors (Lipinski definition) is 4. The zero-order chi connectivity index (χ0) is 20.1. The number of amides is 3. The lowest BCUT2D eigenvalue weighted by Gasteiger charge is -2.23. The Kier molecular flexibility index (Phi) is 6.23. The van der Waals surface area contributed by atoms with Crippen molar-refractivity contribution in [2.24, 2.45) is 5.73 Å². The first kappa shape index (κ1) is 19.8. The Hall–Kier alpha value is -2.96. The number of urea groups is 1. The van der Waals surface area contributed by atoms with Crippen molar-refractivity contribution in [3.8, 4) is 11.8 Å². The molecule has 146 valence electrons. The smallest absolute Gasteiger partial charge is 0.316 e. The summed E-state index contributed by atoms with van der Waals surface area (Å²) in [5.74, 6) is 3.61. The van der Waals surface area contributed by atoms with E-state index in [4.69, 9.17) is 5.73 Å². The fourth-order valence-electron chi connectivity index (χ4n) is 2.83. The number of nitrogens with two attached hydrogens (primary N) is 1. The molecule has 1 aliphatic rings. The first-order valence-corrected chi connectivity index (χ1v) is 9.42. The van der Waals surface area contributed by atoms with Gasteiger partial charge in [0.15, 0.2) is 0 Å². The second kappa shape index (κ2) is 8.82. The third-order valence-corrected chi connectivity index (χ3v) is 5.07. The van der Waals surface area contributed by atoms with Crippen molar-refractivity contribution >= 4 is 29.0 Å². The molecular weight excluding hydrogens is 386 g/mol. The molecule has 0 spiro atoms. The highest BCUT2D eigenvalue weighted by Crippen LogP contribution is 2.27. The second-order valence-corrected chi connectivity index (χ2v) is 7.32. The van der Waals surface area contributed by atoms with E-state index in [9.17, 15) is 18.4 Å². The quantitative estimate of drug-likeness (QED) is 0.592. The molecule has 3 amide bonds. The van der Waals surface area contributed by atoms with E-state index in [1.54, 1.807) is 0 Å². The Balaban J connectivity index is 1.84. The van der Waals surface area contributed by atoms with Gasteiger partial charge in [-0.15, -0.1) is 11.3 Å². The average molecular weight is 404 g/mol. The number of thiophene rings is 1. The number of carbonyl (C=O) groups is 2. The summed E-state index contributed by atoms with van der Waals surface area (Å²) in [6, 6.07) is 3.67. The molecule has 1 aliphatic heterocycles. The lowest BCUT2D eigenvalue weighted by molar-refractivity contribution is 0.0935. The molecule has 0 bridgehead atoms. The van der Waals surface area contributed by atoms with Crippen LogP contribution in [0.4, 0.5) is 19.3 Å². The molecule has 2 aromatic rings. The highest BCUT2D eigenvalue weighted by molar-refractivity contribution is 7.15. The number of halogens is 2. The van der Waals surface area contributed by atoms with Crippen molar-refractivity contribution in [1.82, 2.24) is 10.6 Å². The molecule has 3 rings (SSSR count). The summed E-state index contributed by atoms with van der Waals surface area (Å²) in [4.78, 5) is 24.6. The van der Waals surface area contributed by atoms with Crippen LogP contribution in [0.5, 0.6) is 0 Å². The van der Waals surface area contributed by atoms with E-state index in [2.05, 4.69) is 27.8 Å². The molecule has 28 heavy (non-hydrogen) atoms. The maximum atomic E-state index is 13.3. The summed E-state index contributed by atoms with van der Waals surface area (Å²) >= 11 is 1.06. The lowest BCUT2D eigenvalue weighted by Crippen LogP contribution is -2.45. The van der Waals surface area contributed by atoms with Gasteiger partial charge in [-0.25, -0.2) is 13.6 Å². The number of carbonyl (C=O) groups excluding carboxylic acids is 2. The fraction of sp³-hybridized carbons (Fsp3) is 0.263. The van der Waals surface area contributed by atoms with Crippen LogP contribution in [-0.2, 0) is 0 Å². The second-order valence-electron chi connectivity index (χ2n) is 6.27. The summed E-state index contributed by atoms with van der Waals surface area (Å²) in [6.07, 6.45) is 1.82. The van der Waals surface area contributed by atoms with Gasteiger partial charge < -0.3 is 21.7 Å². The molecule has 0 aliphatic carbocycles. The van der Waals surface area contributed by atoms with Crippen LogP contribution in [0.3, 0.4) is 0 Å². The van der Waals surface area contributed by atoms with Gasteiger partial charge in [0.25, 0.3) is 5.91 Å². The van der Waals surface area contributed by atoms with Crippen molar-refractivity contribution in [1.29, 1.82) is 0 Å². The van der Waals surface area contributed by atoms with Gasteiger partial charge in [0.05, 0.1) is 10.6 Å². The van der Waals surface area contributed by atoms with Gasteiger partial charge >= 0.3 is 6.03 Å². The van der Waals surface area contributed by atoms with E-state index >= 15 is 0 Å². The monoisotopic (exact) mass is 404 g/mol. The van der Waals surface area contributed by atoms with Crippen LogP contribution in [0, 0.1) is 23.5 Å². The molecule has 0 unspecified atom stereocenters. The van der Waals surface area contributed by atoms with E-state index in [1.807, 2.05) is 0 Å². The van der Waals surface area contributed by atoms with Crippen molar-refractivity contribution in [3.05, 3.63) is 51.2 Å². The van der Waals surface area contributed by atoms with Gasteiger partial charge in [-0.3, -0.25) is 4.79 Å². The van der Waals surface area contributed by atoms with Crippen LogP contribution in [0.1, 0.15) is 33.0 Å². The first-order chi connectivity index (χ1) is 13.4. The Morgan fingerprint density at radius 2 is 1.93 bits per heavy atom. The maximum Gasteiger partial charge on any atom is 0.316 e. The normalized spacial score (nSPS) is 16.0. The summed E-state index contributed by atoms with van der Waals surface area (Å²) < 4.78 is 26.5. The number of rotatable bonds is 3. The summed E-state index contributed by atoms with van der Waals surface area (Å²) in [5, 5.41) is 8.54. The highest BCUT2D eigenvalue weighted by Gasteiger charge is 2.21. The number of hydrogen-bond donors (Lipinski definition) is 4. The number of anilines is 1. The van der Waals surface area contributed by atoms with Crippen LogP contribution in [0.25, 0.3) is 0 Å². The third-order valence-electron chi connectivity index (χ3n) is 4.02. The van der Waals surface area contributed by atoms with Gasteiger partial charge in [0, 0.05) is 24.2 Å². The van der Waals surface area contributed by atoms with Gasteiger partial charge in [0.1, 0.15) is 16.5 Å². The number of piperidine rings is 1.